The number of ether oxygens (including phenoxy) is 2. The molecule has 1 aromatic rings. The van der Waals surface area contributed by atoms with Crippen LogP contribution in [0.4, 0.5) is 13.2 Å². The first-order valence-electron chi connectivity index (χ1n) is 6.70. The first kappa shape index (κ1) is 17.0. The molecule has 0 unspecified atom stereocenters. The van der Waals surface area contributed by atoms with Gasteiger partial charge in [-0.15, -0.1) is 13.2 Å². The van der Waals surface area contributed by atoms with E-state index in [0.717, 1.165) is 16.4 Å². The van der Waals surface area contributed by atoms with Gasteiger partial charge in [0.2, 0.25) is 10.0 Å². The van der Waals surface area contributed by atoms with Gasteiger partial charge in [-0.05, 0) is 18.6 Å². The summed E-state index contributed by atoms with van der Waals surface area (Å²) in [6.45, 7) is 2.26. The number of morpholine rings is 1. The van der Waals surface area contributed by atoms with Crippen LogP contribution in [-0.2, 0) is 14.8 Å². The molecule has 9 heteroatoms. The number of para-hydroxylation sites is 1. The number of rotatable bonds is 4. The second kappa shape index (κ2) is 6.43. The van der Waals surface area contributed by atoms with Gasteiger partial charge >= 0.3 is 6.36 Å². The molecule has 1 heterocycles. The molecule has 124 valence electrons. The van der Waals surface area contributed by atoms with Crippen molar-refractivity contribution in [2.24, 2.45) is 0 Å². The predicted octanol–water partition coefficient (Wildman–Crippen LogP) is 2.38. The molecule has 1 aromatic carbocycles. The average Bonchev–Trinajstić information content (AvgIpc) is 2.46. The summed E-state index contributed by atoms with van der Waals surface area (Å²) >= 11 is 0. The van der Waals surface area contributed by atoms with Crippen molar-refractivity contribution in [3.05, 3.63) is 24.3 Å². The number of nitrogens with zero attached hydrogens (tertiary/aromatic N) is 1. The molecule has 5 nitrogen and oxygen atoms in total. The lowest BCUT2D eigenvalue weighted by Gasteiger charge is -2.32. The van der Waals surface area contributed by atoms with E-state index >= 15 is 0 Å². The lowest BCUT2D eigenvalue weighted by molar-refractivity contribution is -0.275. The van der Waals surface area contributed by atoms with Crippen LogP contribution in [-0.4, -0.2) is 44.9 Å². The predicted molar refractivity (Wildman–Crippen MR) is 71.9 cm³/mol. The number of hydrogen-bond donors (Lipinski definition) is 0. The van der Waals surface area contributed by atoms with Crippen molar-refractivity contribution in [1.29, 1.82) is 0 Å². The lowest BCUT2D eigenvalue weighted by atomic mass is 10.2. The van der Waals surface area contributed by atoms with Crippen LogP contribution in [0.1, 0.15) is 13.3 Å². The van der Waals surface area contributed by atoms with E-state index in [4.69, 9.17) is 4.74 Å². The van der Waals surface area contributed by atoms with E-state index < -0.39 is 27.0 Å². The number of hydrogen-bond acceptors (Lipinski definition) is 4. The highest BCUT2D eigenvalue weighted by molar-refractivity contribution is 7.89. The molecule has 1 aliphatic heterocycles. The van der Waals surface area contributed by atoms with Gasteiger partial charge in [0.25, 0.3) is 0 Å². The summed E-state index contributed by atoms with van der Waals surface area (Å²) in [4.78, 5) is -0.496. The third kappa shape index (κ3) is 3.90. The minimum absolute atomic E-state index is 0.0964. The summed E-state index contributed by atoms with van der Waals surface area (Å²) in [6, 6.07) is 4.73. The normalized spacial score (nSPS) is 20.8. The largest absolute Gasteiger partial charge is 0.573 e. The van der Waals surface area contributed by atoms with Gasteiger partial charge in [-0.1, -0.05) is 19.1 Å². The van der Waals surface area contributed by atoms with Crippen LogP contribution in [0, 0.1) is 0 Å². The Bertz CT molecular complexity index is 618. The maximum atomic E-state index is 12.6. The van der Waals surface area contributed by atoms with E-state index in [-0.39, 0.29) is 25.8 Å². The quantitative estimate of drug-likeness (QED) is 0.845. The highest BCUT2D eigenvalue weighted by Crippen LogP contribution is 2.31. The van der Waals surface area contributed by atoms with Crippen LogP contribution in [0.5, 0.6) is 5.75 Å². The monoisotopic (exact) mass is 339 g/mol. The van der Waals surface area contributed by atoms with Crippen molar-refractivity contribution in [1.82, 2.24) is 4.31 Å². The Kier molecular flexibility index (Phi) is 4.98. The van der Waals surface area contributed by atoms with Crippen molar-refractivity contribution >= 4 is 10.0 Å². The summed E-state index contributed by atoms with van der Waals surface area (Å²) in [5.41, 5.74) is 0. The van der Waals surface area contributed by atoms with Crippen molar-refractivity contribution in [3.63, 3.8) is 0 Å². The molecule has 0 amide bonds. The first-order chi connectivity index (χ1) is 10.2. The lowest BCUT2D eigenvalue weighted by Crippen LogP contribution is -2.45. The van der Waals surface area contributed by atoms with Crippen molar-refractivity contribution in [2.45, 2.75) is 30.7 Å². The maximum Gasteiger partial charge on any atom is 0.573 e. The Morgan fingerprint density at radius 3 is 2.68 bits per heavy atom. The van der Waals surface area contributed by atoms with Crippen molar-refractivity contribution in [3.8, 4) is 5.75 Å². The average molecular weight is 339 g/mol. The van der Waals surface area contributed by atoms with E-state index in [9.17, 15) is 21.6 Å². The van der Waals surface area contributed by atoms with E-state index in [1.54, 1.807) is 0 Å². The van der Waals surface area contributed by atoms with Crippen molar-refractivity contribution in [2.75, 3.05) is 19.7 Å². The van der Waals surface area contributed by atoms with Crippen LogP contribution in [0.3, 0.4) is 0 Å². The number of benzene rings is 1. The van der Waals surface area contributed by atoms with E-state index in [0.29, 0.717) is 6.42 Å². The zero-order valence-electron chi connectivity index (χ0n) is 11.8. The van der Waals surface area contributed by atoms with Gasteiger partial charge < -0.3 is 9.47 Å². The SMILES string of the molecule is CC[C@H]1CN(S(=O)(=O)c2ccccc2OC(F)(F)F)CCO1. The Hall–Kier alpha value is -1.32. The number of alkyl halides is 3. The fourth-order valence-corrected chi connectivity index (χ4v) is 3.74. The van der Waals surface area contributed by atoms with Crippen LogP contribution < -0.4 is 4.74 Å². The fourth-order valence-electron chi connectivity index (χ4n) is 2.17. The molecular weight excluding hydrogens is 323 g/mol. The molecule has 0 bridgehead atoms. The topological polar surface area (TPSA) is 55.8 Å². The Morgan fingerprint density at radius 1 is 1.36 bits per heavy atom. The van der Waals surface area contributed by atoms with E-state index in [1.807, 2.05) is 6.92 Å². The molecule has 0 spiro atoms. The smallest absolute Gasteiger partial charge is 0.404 e. The van der Waals surface area contributed by atoms with Gasteiger partial charge in [-0.3, -0.25) is 0 Å². The molecule has 1 aliphatic rings. The van der Waals surface area contributed by atoms with Crippen LogP contribution >= 0.6 is 0 Å². The molecule has 1 saturated heterocycles. The second-order valence-corrected chi connectivity index (χ2v) is 6.66. The van der Waals surface area contributed by atoms with Gasteiger partial charge in [-0.2, -0.15) is 4.31 Å². The first-order valence-corrected chi connectivity index (χ1v) is 8.14. The van der Waals surface area contributed by atoms with Gasteiger partial charge in [0.05, 0.1) is 12.7 Å². The summed E-state index contributed by atoms with van der Waals surface area (Å²) < 4.78 is 72.7. The maximum absolute atomic E-state index is 12.6. The summed E-state index contributed by atoms with van der Waals surface area (Å²) in [5, 5.41) is 0. The third-order valence-corrected chi connectivity index (χ3v) is 5.15. The Labute approximate surface area is 126 Å². The zero-order chi connectivity index (χ0) is 16.4. The summed E-state index contributed by atoms with van der Waals surface area (Å²) in [6.07, 6.45) is -4.60. The van der Waals surface area contributed by atoms with Crippen LogP contribution in [0.2, 0.25) is 0 Å². The number of halogens is 3. The van der Waals surface area contributed by atoms with Crippen LogP contribution in [0.15, 0.2) is 29.2 Å². The molecule has 0 aliphatic carbocycles. The molecule has 0 radical (unpaired) electrons. The molecule has 2 rings (SSSR count). The minimum atomic E-state index is -4.96. The number of sulfonamides is 1. The van der Waals surface area contributed by atoms with Gasteiger partial charge in [-0.25, -0.2) is 8.42 Å². The highest BCUT2D eigenvalue weighted by atomic mass is 32.2. The fraction of sp³-hybridized carbons (Fsp3) is 0.538. The molecule has 22 heavy (non-hydrogen) atoms. The molecule has 0 saturated carbocycles. The Morgan fingerprint density at radius 2 is 2.05 bits per heavy atom. The summed E-state index contributed by atoms with van der Waals surface area (Å²) in [5.74, 6) is -0.727. The molecule has 0 aromatic heterocycles. The van der Waals surface area contributed by atoms with E-state index in [1.165, 1.54) is 12.1 Å². The van der Waals surface area contributed by atoms with Crippen LogP contribution in [0.25, 0.3) is 0 Å². The van der Waals surface area contributed by atoms with E-state index in [2.05, 4.69) is 4.74 Å². The summed E-state index contributed by atoms with van der Waals surface area (Å²) in [7, 11) is -4.08. The molecule has 1 fully saturated rings. The molecule has 0 N–H and O–H groups in total. The molecule has 1 atom stereocenters. The van der Waals surface area contributed by atoms with Gasteiger partial charge in [0, 0.05) is 13.1 Å². The van der Waals surface area contributed by atoms with Gasteiger partial charge in [0.1, 0.15) is 10.6 Å². The molecular formula is C13H16F3NO4S. The standard InChI is InChI=1S/C13H16F3NO4S/c1-2-10-9-17(7-8-20-10)22(18,19)12-6-4-3-5-11(12)21-13(14,15)16/h3-6,10H,2,7-9H2,1H3/t10-/m0/s1. The third-order valence-electron chi connectivity index (χ3n) is 3.25. The van der Waals surface area contributed by atoms with Crippen molar-refractivity contribution < 1.29 is 31.1 Å². The van der Waals surface area contributed by atoms with Gasteiger partial charge in [0.15, 0.2) is 0 Å². The zero-order valence-corrected chi connectivity index (χ0v) is 12.7. The second-order valence-electron chi connectivity index (χ2n) is 4.76. The Balaban J connectivity index is 2.33. The minimum Gasteiger partial charge on any atom is -0.404 e. The highest BCUT2D eigenvalue weighted by Gasteiger charge is 2.36.